The first-order chi connectivity index (χ1) is 8.81. The fourth-order valence-corrected chi connectivity index (χ4v) is 2.24. The van der Waals surface area contributed by atoms with Gasteiger partial charge >= 0.3 is 0 Å². The zero-order valence-electron chi connectivity index (χ0n) is 11.1. The third-order valence-corrected chi connectivity index (χ3v) is 3.14. The van der Waals surface area contributed by atoms with E-state index in [0.717, 1.165) is 19.7 Å². The summed E-state index contributed by atoms with van der Waals surface area (Å²) < 4.78 is 5.14. The van der Waals surface area contributed by atoms with Gasteiger partial charge in [-0.15, -0.1) is 0 Å². The number of ether oxygens (including phenoxy) is 1. The molecule has 0 aliphatic heterocycles. The number of nitrogens with one attached hydrogen (secondary N) is 1. The summed E-state index contributed by atoms with van der Waals surface area (Å²) in [6.45, 7) is 4.90. The van der Waals surface area contributed by atoms with Crippen molar-refractivity contribution in [2.75, 3.05) is 20.3 Å². The highest BCUT2D eigenvalue weighted by atomic mass is 16.5. The predicted octanol–water partition coefficient (Wildman–Crippen LogP) is 3.21. The molecule has 0 aliphatic rings. The number of fused-ring (bicyclic) bond motifs is 1. The van der Waals surface area contributed by atoms with E-state index in [1.165, 1.54) is 16.3 Å². The van der Waals surface area contributed by atoms with E-state index in [1.54, 1.807) is 7.11 Å². The Labute approximate surface area is 109 Å². The van der Waals surface area contributed by atoms with E-state index in [0.29, 0.717) is 5.92 Å². The van der Waals surface area contributed by atoms with Gasteiger partial charge in [-0.1, -0.05) is 49.4 Å². The standard InChI is InChI=1S/C16H21NO/c1-13(12-18-2)10-17-11-15-8-5-7-14-6-3-4-9-16(14)15/h3-9,13,17H,10-12H2,1-2H3. The van der Waals surface area contributed by atoms with Gasteiger partial charge in [-0.3, -0.25) is 0 Å². The highest BCUT2D eigenvalue weighted by Gasteiger charge is 2.02. The topological polar surface area (TPSA) is 21.3 Å². The average molecular weight is 243 g/mol. The van der Waals surface area contributed by atoms with Gasteiger partial charge in [0.05, 0.1) is 0 Å². The minimum atomic E-state index is 0.546. The second-order valence-electron chi connectivity index (χ2n) is 4.83. The van der Waals surface area contributed by atoms with E-state index in [-0.39, 0.29) is 0 Å². The maximum atomic E-state index is 5.14. The van der Waals surface area contributed by atoms with Gasteiger partial charge in [0.2, 0.25) is 0 Å². The maximum Gasteiger partial charge on any atom is 0.0499 e. The minimum Gasteiger partial charge on any atom is -0.384 e. The molecule has 2 rings (SSSR count). The van der Waals surface area contributed by atoms with Crippen LogP contribution in [-0.4, -0.2) is 20.3 Å². The van der Waals surface area contributed by atoms with Gasteiger partial charge in [0.25, 0.3) is 0 Å². The lowest BCUT2D eigenvalue weighted by Gasteiger charge is -2.12. The Bertz CT molecular complexity index is 490. The summed E-state index contributed by atoms with van der Waals surface area (Å²) in [5, 5.41) is 6.15. The Morgan fingerprint density at radius 2 is 1.89 bits per heavy atom. The first-order valence-electron chi connectivity index (χ1n) is 6.47. The summed E-state index contributed by atoms with van der Waals surface area (Å²) in [5.41, 5.74) is 1.36. The number of benzene rings is 2. The quantitative estimate of drug-likeness (QED) is 0.841. The van der Waals surface area contributed by atoms with Crippen LogP contribution in [0.5, 0.6) is 0 Å². The van der Waals surface area contributed by atoms with Gasteiger partial charge < -0.3 is 10.1 Å². The van der Waals surface area contributed by atoms with Crippen molar-refractivity contribution in [2.45, 2.75) is 13.5 Å². The molecule has 2 nitrogen and oxygen atoms in total. The van der Waals surface area contributed by atoms with Crippen LogP contribution < -0.4 is 5.32 Å². The van der Waals surface area contributed by atoms with Gasteiger partial charge in [-0.05, 0) is 22.3 Å². The Morgan fingerprint density at radius 3 is 2.72 bits per heavy atom. The molecule has 0 aromatic heterocycles. The van der Waals surface area contributed by atoms with Crippen molar-refractivity contribution >= 4 is 10.8 Å². The average Bonchev–Trinajstić information content (AvgIpc) is 2.39. The molecule has 18 heavy (non-hydrogen) atoms. The molecule has 2 heteroatoms. The van der Waals surface area contributed by atoms with Crippen molar-refractivity contribution in [3.05, 3.63) is 48.0 Å². The van der Waals surface area contributed by atoms with Crippen LogP contribution in [0.15, 0.2) is 42.5 Å². The molecule has 96 valence electrons. The van der Waals surface area contributed by atoms with Gasteiger partial charge in [0, 0.05) is 26.8 Å². The number of rotatable bonds is 6. The van der Waals surface area contributed by atoms with Crippen molar-refractivity contribution in [3.63, 3.8) is 0 Å². The molecule has 0 fully saturated rings. The van der Waals surface area contributed by atoms with E-state index in [1.807, 2.05) is 0 Å². The number of hydrogen-bond donors (Lipinski definition) is 1. The van der Waals surface area contributed by atoms with Gasteiger partial charge in [0.15, 0.2) is 0 Å². The Kier molecular flexibility index (Phi) is 4.73. The monoisotopic (exact) mass is 243 g/mol. The highest BCUT2D eigenvalue weighted by molar-refractivity contribution is 5.85. The van der Waals surface area contributed by atoms with Crippen molar-refractivity contribution in [1.29, 1.82) is 0 Å². The van der Waals surface area contributed by atoms with E-state index in [2.05, 4.69) is 54.7 Å². The van der Waals surface area contributed by atoms with Crippen molar-refractivity contribution in [3.8, 4) is 0 Å². The minimum absolute atomic E-state index is 0.546. The third kappa shape index (κ3) is 3.31. The molecule has 2 aromatic rings. The normalized spacial score (nSPS) is 12.8. The number of methoxy groups -OCH3 is 1. The van der Waals surface area contributed by atoms with Crippen LogP contribution in [0.2, 0.25) is 0 Å². The predicted molar refractivity (Wildman–Crippen MR) is 76.7 cm³/mol. The summed E-state index contributed by atoms with van der Waals surface area (Å²) in [4.78, 5) is 0. The summed E-state index contributed by atoms with van der Waals surface area (Å²) in [6, 6.07) is 15.0. The van der Waals surface area contributed by atoms with E-state index in [9.17, 15) is 0 Å². The van der Waals surface area contributed by atoms with Crippen molar-refractivity contribution in [1.82, 2.24) is 5.32 Å². The smallest absolute Gasteiger partial charge is 0.0499 e. The molecule has 1 unspecified atom stereocenters. The van der Waals surface area contributed by atoms with Gasteiger partial charge in [0.1, 0.15) is 0 Å². The first-order valence-corrected chi connectivity index (χ1v) is 6.47. The summed E-state index contributed by atoms with van der Waals surface area (Å²) in [7, 11) is 1.75. The van der Waals surface area contributed by atoms with Crippen LogP contribution in [0.1, 0.15) is 12.5 Å². The van der Waals surface area contributed by atoms with Crippen LogP contribution in [0, 0.1) is 5.92 Å². The Balaban J connectivity index is 1.99. The summed E-state index contributed by atoms with van der Waals surface area (Å²) in [5.74, 6) is 0.546. The molecule has 0 saturated carbocycles. The molecule has 0 heterocycles. The molecular weight excluding hydrogens is 222 g/mol. The molecule has 1 N–H and O–H groups in total. The zero-order chi connectivity index (χ0) is 12.8. The maximum absolute atomic E-state index is 5.14. The lowest BCUT2D eigenvalue weighted by atomic mass is 10.0. The Morgan fingerprint density at radius 1 is 1.11 bits per heavy atom. The first kappa shape index (κ1) is 13.1. The summed E-state index contributed by atoms with van der Waals surface area (Å²) in [6.07, 6.45) is 0. The number of hydrogen-bond acceptors (Lipinski definition) is 2. The molecule has 1 atom stereocenters. The van der Waals surface area contributed by atoms with Crippen LogP contribution >= 0.6 is 0 Å². The van der Waals surface area contributed by atoms with E-state index in [4.69, 9.17) is 4.74 Å². The molecule has 0 radical (unpaired) electrons. The second kappa shape index (κ2) is 6.53. The second-order valence-corrected chi connectivity index (χ2v) is 4.83. The van der Waals surface area contributed by atoms with E-state index >= 15 is 0 Å². The zero-order valence-corrected chi connectivity index (χ0v) is 11.1. The van der Waals surface area contributed by atoms with Gasteiger partial charge in [-0.25, -0.2) is 0 Å². The largest absolute Gasteiger partial charge is 0.384 e. The van der Waals surface area contributed by atoms with Crippen LogP contribution in [0.4, 0.5) is 0 Å². The molecule has 0 amide bonds. The fourth-order valence-electron chi connectivity index (χ4n) is 2.24. The molecule has 0 aliphatic carbocycles. The van der Waals surface area contributed by atoms with Crippen molar-refractivity contribution in [2.24, 2.45) is 5.92 Å². The summed E-state index contributed by atoms with van der Waals surface area (Å²) >= 11 is 0. The highest BCUT2D eigenvalue weighted by Crippen LogP contribution is 2.18. The molecular formula is C16H21NO. The molecule has 2 aromatic carbocycles. The molecule has 0 bridgehead atoms. The lowest BCUT2D eigenvalue weighted by molar-refractivity contribution is 0.158. The van der Waals surface area contributed by atoms with Crippen LogP contribution in [0.25, 0.3) is 10.8 Å². The third-order valence-electron chi connectivity index (χ3n) is 3.14. The Hall–Kier alpha value is -1.38. The molecule has 0 saturated heterocycles. The van der Waals surface area contributed by atoms with Crippen molar-refractivity contribution < 1.29 is 4.74 Å². The SMILES string of the molecule is COCC(C)CNCc1cccc2ccccc12. The molecule has 0 spiro atoms. The van der Waals surface area contributed by atoms with Crippen LogP contribution in [-0.2, 0) is 11.3 Å². The fraction of sp³-hybridized carbons (Fsp3) is 0.375. The van der Waals surface area contributed by atoms with E-state index < -0.39 is 0 Å². The van der Waals surface area contributed by atoms with Gasteiger partial charge in [-0.2, -0.15) is 0 Å². The van der Waals surface area contributed by atoms with Crippen LogP contribution in [0.3, 0.4) is 0 Å². The lowest BCUT2D eigenvalue weighted by Crippen LogP contribution is -2.23.